The van der Waals surface area contributed by atoms with Gasteiger partial charge in [-0.05, 0) is 23.6 Å². The van der Waals surface area contributed by atoms with Gasteiger partial charge in [0, 0.05) is 37.3 Å². The molecule has 1 unspecified atom stereocenters. The molecule has 0 bridgehead atoms. The Balaban J connectivity index is 2.16. The van der Waals surface area contributed by atoms with E-state index >= 15 is 0 Å². The number of Topliss-reactive ketones (excluding diaryl/α,β-unsaturated/α-hetero) is 1. The maximum atomic E-state index is 14.2. The van der Waals surface area contributed by atoms with Crippen LogP contribution in [0.2, 0.25) is 0 Å². The first-order valence-electron chi connectivity index (χ1n) is 7.33. The number of ketones is 1. The second-order valence-corrected chi connectivity index (χ2v) is 5.81. The van der Waals surface area contributed by atoms with Crippen molar-refractivity contribution >= 4 is 5.78 Å². The third-order valence-corrected chi connectivity index (χ3v) is 3.99. The first kappa shape index (κ1) is 14.5. The van der Waals surface area contributed by atoms with Gasteiger partial charge < -0.3 is 4.90 Å². The number of allylic oxidation sites excluding steroid dienone is 1. The van der Waals surface area contributed by atoms with Gasteiger partial charge in [-0.1, -0.05) is 42.5 Å². The van der Waals surface area contributed by atoms with E-state index in [1.807, 2.05) is 55.5 Å². The fourth-order valence-corrected chi connectivity index (χ4v) is 3.06. The van der Waals surface area contributed by atoms with Crippen molar-refractivity contribution in [2.24, 2.45) is 0 Å². The largest absolute Gasteiger partial charge is 0.383 e. The predicted octanol–water partition coefficient (Wildman–Crippen LogP) is 3.99. The molecule has 0 amide bonds. The SMILES string of the molecule is CN(C)C=C1CC(c2ccccc2F)c2ccccc2C1=O. The van der Waals surface area contributed by atoms with Crippen LogP contribution in [0.4, 0.5) is 4.39 Å². The maximum Gasteiger partial charge on any atom is 0.190 e. The van der Waals surface area contributed by atoms with Gasteiger partial charge >= 0.3 is 0 Å². The highest BCUT2D eigenvalue weighted by molar-refractivity contribution is 6.11. The summed E-state index contributed by atoms with van der Waals surface area (Å²) >= 11 is 0. The summed E-state index contributed by atoms with van der Waals surface area (Å²) in [6.07, 6.45) is 2.36. The Labute approximate surface area is 129 Å². The third kappa shape index (κ3) is 2.54. The predicted molar refractivity (Wildman–Crippen MR) is 85.4 cm³/mol. The van der Waals surface area contributed by atoms with Crippen molar-refractivity contribution in [2.75, 3.05) is 14.1 Å². The van der Waals surface area contributed by atoms with Crippen LogP contribution in [0.25, 0.3) is 0 Å². The van der Waals surface area contributed by atoms with Crippen molar-refractivity contribution in [1.29, 1.82) is 0 Å². The van der Waals surface area contributed by atoms with Crippen molar-refractivity contribution in [1.82, 2.24) is 4.90 Å². The average Bonchev–Trinajstić information content (AvgIpc) is 2.51. The first-order chi connectivity index (χ1) is 10.6. The summed E-state index contributed by atoms with van der Waals surface area (Å²) in [7, 11) is 3.78. The van der Waals surface area contributed by atoms with Crippen LogP contribution in [0.5, 0.6) is 0 Å². The number of carbonyl (C=O) groups excluding carboxylic acids is 1. The van der Waals surface area contributed by atoms with Crippen LogP contribution in [0.3, 0.4) is 0 Å². The quantitative estimate of drug-likeness (QED) is 0.781. The number of rotatable bonds is 2. The molecule has 0 spiro atoms. The lowest BCUT2D eigenvalue weighted by atomic mass is 9.76. The van der Waals surface area contributed by atoms with Crippen LogP contribution >= 0.6 is 0 Å². The highest BCUT2D eigenvalue weighted by Gasteiger charge is 2.31. The lowest BCUT2D eigenvalue weighted by Gasteiger charge is -2.28. The summed E-state index contributed by atoms with van der Waals surface area (Å²) in [6.45, 7) is 0. The van der Waals surface area contributed by atoms with E-state index < -0.39 is 0 Å². The van der Waals surface area contributed by atoms with E-state index in [1.54, 1.807) is 12.1 Å². The van der Waals surface area contributed by atoms with Crippen LogP contribution in [-0.2, 0) is 0 Å². The van der Waals surface area contributed by atoms with E-state index in [0.717, 1.165) is 11.1 Å². The van der Waals surface area contributed by atoms with E-state index in [4.69, 9.17) is 0 Å². The fourth-order valence-electron chi connectivity index (χ4n) is 3.06. The molecule has 0 N–H and O–H groups in total. The van der Waals surface area contributed by atoms with E-state index in [2.05, 4.69) is 0 Å². The minimum Gasteiger partial charge on any atom is -0.383 e. The lowest BCUT2D eigenvalue weighted by molar-refractivity contribution is 0.102. The second kappa shape index (κ2) is 5.76. The maximum absolute atomic E-state index is 14.2. The molecule has 2 nitrogen and oxygen atoms in total. The normalized spacial score (nSPS) is 19.1. The molecule has 0 fully saturated rings. The standard InChI is InChI=1S/C19H18FNO/c1-21(2)12-13-11-17(15-8-5-6-10-18(15)20)14-7-3-4-9-16(14)19(13)22/h3-10,12,17H,11H2,1-2H3. The molecular formula is C19H18FNO. The number of benzene rings is 2. The molecule has 0 aliphatic heterocycles. The Kier molecular flexibility index (Phi) is 3.80. The molecule has 2 aromatic carbocycles. The molecule has 0 saturated carbocycles. The summed E-state index contributed by atoms with van der Waals surface area (Å²) in [6, 6.07) is 14.3. The van der Waals surface area contributed by atoms with Gasteiger partial charge in [-0.15, -0.1) is 0 Å². The van der Waals surface area contributed by atoms with Gasteiger partial charge in [0.1, 0.15) is 5.82 Å². The fraction of sp³-hybridized carbons (Fsp3) is 0.211. The number of hydrogen-bond donors (Lipinski definition) is 0. The summed E-state index contributed by atoms with van der Waals surface area (Å²) in [5.41, 5.74) is 2.95. The molecule has 3 heteroatoms. The highest BCUT2D eigenvalue weighted by atomic mass is 19.1. The topological polar surface area (TPSA) is 20.3 Å². The van der Waals surface area contributed by atoms with E-state index in [0.29, 0.717) is 17.5 Å². The minimum absolute atomic E-state index is 0.0388. The Morgan fingerprint density at radius 2 is 1.68 bits per heavy atom. The average molecular weight is 295 g/mol. The Morgan fingerprint density at radius 3 is 2.36 bits per heavy atom. The molecule has 1 aliphatic rings. The molecule has 0 saturated heterocycles. The second-order valence-electron chi connectivity index (χ2n) is 5.81. The van der Waals surface area contributed by atoms with Gasteiger partial charge in [0.05, 0.1) is 0 Å². The summed E-state index contributed by atoms with van der Waals surface area (Å²) in [5.74, 6) is -0.306. The van der Waals surface area contributed by atoms with Crippen molar-refractivity contribution in [3.05, 3.63) is 82.8 Å². The van der Waals surface area contributed by atoms with Gasteiger partial charge in [-0.2, -0.15) is 0 Å². The number of carbonyl (C=O) groups is 1. The molecule has 1 aliphatic carbocycles. The van der Waals surface area contributed by atoms with Gasteiger partial charge in [0.25, 0.3) is 0 Å². The minimum atomic E-state index is -0.221. The van der Waals surface area contributed by atoms with Crippen molar-refractivity contribution in [3.63, 3.8) is 0 Å². The van der Waals surface area contributed by atoms with E-state index in [-0.39, 0.29) is 17.5 Å². The molecule has 22 heavy (non-hydrogen) atoms. The van der Waals surface area contributed by atoms with Crippen LogP contribution in [0.15, 0.2) is 60.3 Å². The monoisotopic (exact) mass is 295 g/mol. The zero-order valence-electron chi connectivity index (χ0n) is 12.7. The Bertz CT molecular complexity index is 749. The summed E-state index contributed by atoms with van der Waals surface area (Å²) < 4.78 is 14.2. The molecule has 0 radical (unpaired) electrons. The number of fused-ring (bicyclic) bond motifs is 1. The van der Waals surface area contributed by atoms with E-state index in [1.165, 1.54) is 6.07 Å². The van der Waals surface area contributed by atoms with Gasteiger partial charge in [0.2, 0.25) is 0 Å². The zero-order chi connectivity index (χ0) is 15.7. The highest BCUT2D eigenvalue weighted by Crippen LogP contribution is 2.39. The third-order valence-electron chi connectivity index (χ3n) is 3.99. The number of hydrogen-bond acceptors (Lipinski definition) is 2. The zero-order valence-corrected chi connectivity index (χ0v) is 12.7. The smallest absolute Gasteiger partial charge is 0.190 e. The van der Waals surface area contributed by atoms with Gasteiger partial charge in [-0.25, -0.2) is 4.39 Å². The van der Waals surface area contributed by atoms with Crippen LogP contribution in [0.1, 0.15) is 33.8 Å². The molecule has 2 aromatic rings. The van der Waals surface area contributed by atoms with Crippen LogP contribution < -0.4 is 0 Å². The van der Waals surface area contributed by atoms with Gasteiger partial charge in [0.15, 0.2) is 5.78 Å². The Morgan fingerprint density at radius 1 is 1.05 bits per heavy atom. The van der Waals surface area contributed by atoms with Crippen LogP contribution in [-0.4, -0.2) is 24.8 Å². The molecule has 0 heterocycles. The molecule has 1 atom stereocenters. The van der Waals surface area contributed by atoms with Crippen LogP contribution in [0, 0.1) is 5.82 Å². The Hall–Kier alpha value is -2.42. The van der Waals surface area contributed by atoms with Crippen molar-refractivity contribution in [3.8, 4) is 0 Å². The first-order valence-corrected chi connectivity index (χ1v) is 7.33. The van der Waals surface area contributed by atoms with E-state index in [9.17, 15) is 9.18 Å². The molecule has 0 aromatic heterocycles. The molecule has 112 valence electrons. The number of halogens is 1. The van der Waals surface area contributed by atoms with Crippen molar-refractivity contribution < 1.29 is 9.18 Å². The summed E-state index contributed by atoms with van der Waals surface area (Å²) in [5, 5.41) is 0. The van der Waals surface area contributed by atoms with Gasteiger partial charge in [-0.3, -0.25) is 4.79 Å². The molecular weight excluding hydrogens is 277 g/mol. The summed E-state index contributed by atoms with van der Waals surface area (Å²) in [4.78, 5) is 14.5. The number of nitrogens with zero attached hydrogens (tertiary/aromatic N) is 1. The van der Waals surface area contributed by atoms with Crippen molar-refractivity contribution in [2.45, 2.75) is 12.3 Å². The lowest BCUT2D eigenvalue weighted by Crippen LogP contribution is -2.21. The molecule has 3 rings (SSSR count).